The molecule has 0 heteroatoms. The first-order valence-electron chi connectivity index (χ1n) is 9.90. The van der Waals surface area contributed by atoms with Gasteiger partial charge in [0.15, 0.2) is 0 Å². The Hall–Kier alpha value is -1.56. The monoisotopic (exact) mass is 316 g/mol. The highest BCUT2D eigenvalue weighted by atomic mass is 14.5. The Morgan fingerprint density at radius 1 is 1.04 bits per heavy atom. The van der Waals surface area contributed by atoms with Crippen LogP contribution in [0.2, 0.25) is 0 Å². The largest absolute Gasteiger partial charge is 0.0877 e. The Labute approximate surface area is 146 Å². The standard InChI is InChI=1S/C24H28/c1-24-15-6-11-22(24)20-13-12-18-9-5-10-19(17-7-3-2-4-8-17)23(18)21(20)14-16-24/h2-4,6-9,11,19-20,22H,5,10,12-16H2,1H3/t19?,20-,22+,24+/m1/s1. The lowest BCUT2D eigenvalue weighted by Crippen LogP contribution is -2.37. The van der Waals surface area contributed by atoms with Gasteiger partial charge in [0.25, 0.3) is 0 Å². The average molecular weight is 316 g/mol. The summed E-state index contributed by atoms with van der Waals surface area (Å²) in [6.45, 7) is 2.54. The molecule has 0 radical (unpaired) electrons. The Kier molecular flexibility index (Phi) is 3.37. The molecule has 4 atom stereocenters. The van der Waals surface area contributed by atoms with Gasteiger partial charge in [0.05, 0.1) is 0 Å². The van der Waals surface area contributed by atoms with Crippen molar-refractivity contribution in [3.8, 4) is 0 Å². The summed E-state index contributed by atoms with van der Waals surface area (Å²) in [5.74, 6) is 2.27. The SMILES string of the molecule is C[C@@]12CC=C[C@H]1[C@@H]1CCC3=CCCC(c4ccccc4)C3=C1CC2. The van der Waals surface area contributed by atoms with E-state index in [-0.39, 0.29) is 0 Å². The minimum atomic E-state index is 0.548. The van der Waals surface area contributed by atoms with Crippen LogP contribution >= 0.6 is 0 Å². The molecule has 0 spiro atoms. The molecule has 4 aliphatic rings. The Bertz CT molecular complexity index is 733. The predicted octanol–water partition coefficient (Wildman–Crippen LogP) is 6.57. The molecule has 4 aliphatic carbocycles. The van der Waals surface area contributed by atoms with E-state index in [1.54, 1.807) is 16.7 Å². The maximum Gasteiger partial charge on any atom is 0.00945 e. The number of fused-ring (bicyclic) bond motifs is 4. The molecule has 1 unspecified atom stereocenters. The first-order chi connectivity index (χ1) is 11.8. The molecule has 0 nitrogen and oxygen atoms in total. The zero-order valence-corrected chi connectivity index (χ0v) is 14.8. The zero-order chi connectivity index (χ0) is 16.1. The van der Waals surface area contributed by atoms with Crippen LogP contribution in [0, 0.1) is 17.3 Å². The Balaban J connectivity index is 1.62. The summed E-state index contributed by atoms with van der Waals surface area (Å²) in [4.78, 5) is 0. The van der Waals surface area contributed by atoms with E-state index in [2.05, 4.69) is 55.5 Å². The van der Waals surface area contributed by atoms with Crippen LogP contribution in [-0.2, 0) is 0 Å². The van der Waals surface area contributed by atoms with Crippen molar-refractivity contribution in [2.24, 2.45) is 17.3 Å². The van der Waals surface area contributed by atoms with Gasteiger partial charge in [-0.15, -0.1) is 0 Å². The van der Waals surface area contributed by atoms with E-state index in [0.29, 0.717) is 11.3 Å². The van der Waals surface area contributed by atoms with Crippen molar-refractivity contribution in [1.82, 2.24) is 0 Å². The predicted molar refractivity (Wildman–Crippen MR) is 101 cm³/mol. The minimum Gasteiger partial charge on any atom is -0.0877 e. The summed E-state index contributed by atoms with van der Waals surface area (Å²) in [7, 11) is 0. The van der Waals surface area contributed by atoms with Crippen LogP contribution in [0.15, 0.2) is 65.3 Å². The topological polar surface area (TPSA) is 0 Å². The molecule has 0 bridgehead atoms. The lowest BCUT2D eigenvalue weighted by atomic mass is 9.56. The van der Waals surface area contributed by atoms with E-state index in [1.165, 1.54) is 44.9 Å². The van der Waals surface area contributed by atoms with Crippen molar-refractivity contribution in [3.63, 3.8) is 0 Å². The van der Waals surface area contributed by atoms with Gasteiger partial charge in [-0.3, -0.25) is 0 Å². The second kappa shape index (κ2) is 5.48. The molecule has 0 aromatic heterocycles. The van der Waals surface area contributed by atoms with Gasteiger partial charge >= 0.3 is 0 Å². The molecule has 0 amide bonds. The van der Waals surface area contributed by atoms with Crippen LogP contribution in [0.3, 0.4) is 0 Å². The number of hydrogen-bond donors (Lipinski definition) is 0. The number of hydrogen-bond acceptors (Lipinski definition) is 0. The smallest absolute Gasteiger partial charge is 0.00945 e. The molecule has 1 aromatic carbocycles. The van der Waals surface area contributed by atoms with Crippen molar-refractivity contribution < 1.29 is 0 Å². The van der Waals surface area contributed by atoms with Crippen molar-refractivity contribution >= 4 is 0 Å². The van der Waals surface area contributed by atoms with Gasteiger partial charge in [0.1, 0.15) is 0 Å². The summed E-state index contributed by atoms with van der Waals surface area (Å²) in [5, 5.41) is 0. The fourth-order valence-corrected chi connectivity index (χ4v) is 6.15. The Morgan fingerprint density at radius 2 is 1.92 bits per heavy atom. The van der Waals surface area contributed by atoms with Crippen molar-refractivity contribution in [3.05, 3.63) is 70.8 Å². The molecular formula is C24H28. The van der Waals surface area contributed by atoms with Gasteiger partial charge in [-0.25, -0.2) is 0 Å². The van der Waals surface area contributed by atoms with Gasteiger partial charge in [-0.05, 0) is 78.9 Å². The van der Waals surface area contributed by atoms with Crippen LogP contribution in [0.4, 0.5) is 0 Å². The summed E-state index contributed by atoms with van der Waals surface area (Å²) < 4.78 is 0. The van der Waals surface area contributed by atoms with Crippen molar-refractivity contribution in [2.45, 2.75) is 57.8 Å². The maximum atomic E-state index is 2.57. The quantitative estimate of drug-likeness (QED) is 0.514. The fraction of sp³-hybridized carbons (Fsp3) is 0.500. The third-order valence-electron chi connectivity index (χ3n) is 7.39. The van der Waals surface area contributed by atoms with Crippen molar-refractivity contribution in [2.75, 3.05) is 0 Å². The molecule has 24 heavy (non-hydrogen) atoms. The van der Waals surface area contributed by atoms with E-state index in [1.807, 2.05) is 5.57 Å². The van der Waals surface area contributed by atoms with Crippen molar-refractivity contribution in [1.29, 1.82) is 0 Å². The number of allylic oxidation sites excluding steroid dienone is 6. The van der Waals surface area contributed by atoms with Crippen LogP contribution in [0.5, 0.6) is 0 Å². The third-order valence-corrected chi connectivity index (χ3v) is 7.39. The van der Waals surface area contributed by atoms with Crippen LogP contribution in [0.25, 0.3) is 0 Å². The number of rotatable bonds is 1. The summed E-state index contributed by atoms with van der Waals surface area (Å²) in [6, 6.07) is 11.3. The maximum absolute atomic E-state index is 2.57. The molecule has 1 aromatic rings. The van der Waals surface area contributed by atoms with Crippen LogP contribution < -0.4 is 0 Å². The Morgan fingerprint density at radius 3 is 2.79 bits per heavy atom. The van der Waals surface area contributed by atoms with Gasteiger partial charge < -0.3 is 0 Å². The van der Waals surface area contributed by atoms with Crippen LogP contribution in [-0.4, -0.2) is 0 Å². The van der Waals surface area contributed by atoms with E-state index >= 15 is 0 Å². The summed E-state index contributed by atoms with van der Waals surface area (Å²) >= 11 is 0. The summed E-state index contributed by atoms with van der Waals surface area (Å²) in [6.07, 6.45) is 16.9. The molecular weight excluding hydrogens is 288 g/mol. The molecule has 1 fully saturated rings. The molecule has 0 N–H and O–H groups in total. The molecule has 124 valence electrons. The zero-order valence-electron chi connectivity index (χ0n) is 14.8. The van der Waals surface area contributed by atoms with Gasteiger partial charge in [-0.2, -0.15) is 0 Å². The molecule has 1 saturated carbocycles. The minimum absolute atomic E-state index is 0.548. The molecule has 5 rings (SSSR count). The first-order valence-corrected chi connectivity index (χ1v) is 9.90. The molecule has 0 heterocycles. The van der Waals surface area contributed by atoms with Gasteiger partial charge in [0, 0.05) is 5.92 Å². The van der Waals surface area contributed by atoms with E-state index in [9.17, 15) is 0 Å². The lowest BCUT2D eigenvalue weighted by molar-refractivity contribution is 0.139. The average Bonchev–Trinajstić information content (AvgIpc) is 3.03. The molecule has 0 aliphatic heterocycles. The highest BCUT2D eigenvalue weighted by molar-refractivity contribution is 5.50. The highest BCUT2D eigenvalue weighted by Gasteiger charge is 2.47. The second-order valence-electron chi connectivity index (χ2n) is 8.67. The summed E-state index contributed by atoms with van der Waals surface area (Å²) in [5.41, 5.74) is 7.40. The van der Waals surface area contributed by atoms with E-state index in [4.69, 9.17) is 0 Å². The van der Waals surface area contributed by atoms with E-state index in [0.717, 1.165) is 11.8 Å². The highest BCUT2D eigenvalue weighted by Crippen LogP contribution is 2.59. The second-order valence-corrected chi connectivity index (χ2v) is 8.67. The molecule has 0 saturated heterocycles. The fourth-order valence-electron chi connectivity index (χ4n) is 6.15. The van der Waals surface area contributed by atoms with Gasteiger partial charge in [0.2, 0.25) is 0 Å². The third kappa shape index (κ3) is 2.11. The van der Waals surface area contributed by atoms with Crippen LogP contribution in [0.1, 0.15) is 63.4 Å². The normalized spacial score (nSPS) is 37.5. The first kappa shape index (κ1) is 14.8. The number of benzene rings is 1. The lowest BCUT2D eigenvalue weighted by Gasteiger charge is -2.48. The van der Waals surface area contributed by atoms with Gasteiger partial charge in [-0.1, -0.05) is 61.1 Å². The van der Waals surface area contributed by atoms with E-state index < -0.39 is 0 Å².